The second-order valence-electron chi connectivity index (χ2n) is 6.60. The number of hydrogen-bond donors (Lipinski definition) is 2. The highest BCUT2D eigenvalue weighted by molar-refractivity contribution is 7.93. The number of para-hydroxylation sites is 1. The van der Waals surface area contributed by atoms with Crippen LogP contribution in [0.15, 0.2) is 30.3 Å². The van der Waals surface area contributed by atoms with E-state index in [0.29, 0.717) is 38.0 Å². The highest BCUT2D eigenvalue weighted by atomic mass is 32.2. The number of nitrogens with one attached hydrogen (secondary N) is 1. The third kappa shape index (κ3) is 3.67. The van der Waals surface area contributed by atoms with E-state index in [1.54, 1.807) is 24.3 Å². The van der Waals surface area contributed by atoms with Gasteiger partial charge >= 0.3 is 5.97 Å². The third-order valence-corrected chi connectivity index (χ3v) is 6.55. The molecular formula is C16H22N2O4S. The Morgan fingerprint density at radius 3 is 2.61 bits per heavy atom. The van der Waals surface area contributed by atoms with Gasteiger partial charge in [-0.05, 0) is 44.4 Å². The number of aliphatic carboxylic acids is 1. The predicted octanol–water partition coefficient (Wildman–Crippen LogP) is 1.76. The first-order chi connectivity index (χ1) is 10.9. The molecule has 3 rings (SSSR count). The minimum atomic E-state index is -3.46. The number of anilines is 1. The highest BCUT2D eigenvalue weighted by Crippen LogP contribution is 2.46. The van der Waals surface area contributed by atoms with E-state index in [0.717, 1.165) is 13.0 Å². The molecule has 1 heterocycles. The van der Waals surface area contributed by atoms with Crippen molar-refractivity contribution in [3.05, 3.63) is 30.3 Å². The molecule has 1 aliphatic heterocycles. The lowest BCUT2D eigenvalue weighted by Crippen LogP contribution is -2.47. The number of benzene rings is 1. The minimum Gasteiger partial charge on any atom is -0.481 e. The molecule has 23 heavy (non-hydrogen) atoms. The predicted molar refractivity (Wildman–Crippen MR) is 87.7 cm³/mol. The van der Waals surface area contributed by atoms with Crippen LogP contribution in [-0.2, 0) is 14.8 Å². The SMILES string of the molecule is O=C(O)C1(CN2CCCC(S(=O)(=O)Nc3ccccc3)C2)CC1. The number of carboxylic acids is 1. The Balaban J connectivity index is 1.65. The van der Waals surface area contributed by atoms with E-state index in [4.69, 9.17) is 0 Å². The summed E-state index contributed by atoms with van der Waals surface area (Å²) in [5.41, 5.74) is -0.0766. The minimum absolute atomic E-state index is 0.400. The van der Waals surface area contributed by atoms with Crippen LogP contribution < -0.4 is 4.72 Å². The Hall–Kier alpha value is -1.60. The maximum absolute atomic E-state index is 12.6. The lowest BCUT2D eigenvalue weighted by atomic mass is 10.0. The van der Waals surface area contributed by atoms with Gasteiger partial charge in [0, 0.05) is 18.8 Å². The maximum atomic E-state index is 12.6. The Morgan fingerprint density at radius 1 is 1.30 bits per heavy atom. The van der Waals surface area contributed by atoms with Crippen LogP contribution in [0.1, 0.15) is 25.7 Å². The van der Waals surface area contributed by atoms with Gasteiger partial charge < -0.3 is 10.0 Å². The lowest BCUT2D eigenvalue weighted by molar-refractivity contribution is -0.144. The summed E-state index contributed by atoms with van der Waals surface area (Å²) >= 11 is 0. The van der Waals surface area contributed by atoms with Crippen molar-refractivity contribution < 1.29 is 18.3 Å². The van der Waals surface area contributed by atoms with E-state index in [-0.39, 0.29) is 0 Å². The molecule has 1 unspecified atom stereocenters. The van der Waals surface area contributed by atoms with Crippen molar-refractivity contribution in [3.63, 3.8) is 0 Å². The largest absolute Gasteiger partial charge is 0.481 e. The molecule has 0 radical (unpaired) electrons. The van der Waals surface area contributed by atoms with Crippen molar-refractivity contribution >= 4 is 21.7 Å². The van der Waals surface area contributed by atoms with E-state index in [9.17, 15) is 18.3 Å². The maximum Gasteiger partial charge on any atom is 0.310 e. The van der Waals surface area contributed by atoms with Crippen molar-refractivity contribution in [2.45, 2.75) is 30.9 Å². The van der Waals surface area contributed by atoms with E-state index in [2.05, 4.69) is 4.72 Å². The first-order valence-corrected chi connectivity index (χ1v) is 9.48. The number of carbonyl (C=O) groups is 1. The van der Waals surface area contributed by atoms with Crippen molar-refractivity contribution in [1.29, 1.82) is 0 Å². The zero-order valence-electron chi connectivity index (χ0n) is 12.9. The smallest absolute Gasteiger partial charge is 0.310 e. The van der Waals surface area contributed by atoms with Crippen LogP contribution in [0.5, 0.6) is 0 Å². The molecule has 7 heteroatoms. The number of sulfonamides is 1. The molecule has 2 aliphatic rings. The second-order valence-corrected chi connectivity index (χ2v) is 8.56. The Bertz CT molecular complexity index is 671. The summed E-state index contributed by atoms with van der Waals surface area (Å²) < 4.78 is 27.8. The molecule has 1 aliphatic carbocycles. The number of likely N-dealkylation sites (tertiary alicyclic amines) is 1. The molecule has 0 bridgehead atoms. The summed E-state index contributed by atoms with van der Waals surface area (Å²) in [5.74, 6) is -0.759. The molecule has 1 saturated heterocycles. The Morgan fingerprint density at radius 2 is 2.00 bits per heavy atom. The van der Waals surface area contributed by atoms with E-state index in [1.165, 1.54) is 0 Å². The van der Waals surface area contributed by atoms with Crippen molar-refractivity contribution in [1.82, 2.24) is 4.90 Å². The number of nitrogens with zero attached hydrogens (tertiary/aromatic N) is 1. The zero-order chi connectivity index (χ0) is 16.5. The van der Waals surface area contributed by atoms with Crippen LogP contribution in [0.4, 0.5) is 5.69 Å². The van der Waals surface area contributed by atoms with Gasteiger partial charge in [-0.1, -0.05) is 18.2 Å². The van der Waals surface area contributed by atoms with Gasteiger partial charge in [-0.2, -0.15) is 0 Å². The molecule has 1 aromatic rings. The van der Waals surface area contributed by atoms with Crippen LogP contribution in [0, 0.1) is 5.41 Å². The van der Waals surface area contributed by atoms with Crippen LogP contribution in [-0.4, -0.2) is 49.3 Å². The molecular weight excluding hydrogens is 316 g/mol. The summed E-state index contributed by atoms with van der Waals surface area (Å²) in [5, 5.41) is 8.80. The fourth-order valence-corrected chi connectivity index (χ4v) is 4.70. The molecule has 6 nitrogen and oxygen atoms in total. The summed E-state index contributed by atoms with van der Waals surface area (Å²) in [7, 11) is -3.46. The third-order valence-electron chi connectivity index (χ3n) is 4.77. The monoisotopic (exact) mass is 338 g/mol. The van der Waals surface area contributed by atoms with Crippen LogP contribution in [0.3, 0.4) is 0 Å². The van der Waals surface area contributed by atoms with Crippen LogP contribution in [0.2, 0.25) is 0 Å². The van der Waals surface area contributed by atoms with Gasteiger partial charge in [0.15, 0.2) is 0 Å². The molecule has 2 fully saturated rings. The molecule has 0 amide bonds. The second kappa shape index (κ2) is 6.13. The molecule has 0 spiro atoms. The van der Waals surface area contributed by atoms with Crippen LogP contribution >= 0.6 is 0 Å². The standard InChI is InChI=1S/C16H22N2O4S/c19-15(20)16(8-9-16)12-18-10-4-7-14(11-18)23(21,22)17-13-5-2-1-3-6-13/h1-3,5-6,14,17H,4,7-12H2,(H,19,20). The van der Waals surface area contributed by atoms with E-state index in [1.807, 2.05) is 11.0 Å². The van der Waals surface area contributed by atoms with Gasteiger partial charge in [0.1, 0.15) is 0 Å². The Labute approximate surface area is 136 Å². The summed E-state index contributed by atoms with van der Waals surface area (Å²) in [6, 6.07) is 8.86. The number of carboxylic acid groups (broad SMARTS) is 1. The highest BCUT2D eigenvalue weighted by Gasteiger charge is 2.51. The van der Waals surface area contributed by atoms with Crippen LogP contribution in [0.25, 0.3) is 0 Å². The fourth-order valence-electron chi connectivity index (χ4n) is 3.18. The van der Waals surface area contributed by atoms with Gasteiger partial charge in [0.05, 0.1) is 10.7 Å². The molecule has 126 valence electrons. The van der Waals surface area contributed by atoms with Crippen molar-refractivity contribution in [2.75, 3.05) is 24.4 Å². The topological polar surface area (TPSA) is 86.7 Å². The lowest BCUT2D eigenvalue weighted by Gasteiger charge is -2.34. The van der Waals surface area contributed by atoms with Crippen molar-refractivity contribution in [2.24, 2.45) is 5.41 Å². The molecule has 2 N–H and O–H groups in total. The van der Waals surface area contributed by atoms with E-state index >= 15 is 0 Å². The normalized spacial score (nSPS) is 24.1. The fraction of sp³-hybridized carbons (Fsp3) is 0.562. The molecule has 1 saturated carbocycles. The molecule has 1 aromatic carbocycles. The van der Waals surface area contributed by atoms with E-state index < -0.39 is 26.7 Å². The van der Waals surface area contributed by atoms with Gasteiger partial charge in [0.2, 0.25) is 10.0 Å². The Kier molecular flexibility index (Phi) is 4.33. The quantitative estimate of drug-likeness (QED) is 0.825. The number of hydrogen-bond acceptors (Lipinski definition) is 4. The first-order valence-electron chi connectivity index (χ1n) is 7.94. The summed E-state index contributed by atoms with van der Waals surface area (Å²) in [6.07, 6.45) is 2.77. The molecule has 0 aromatic heterocycles. The first kappa shape index (κ1) is 16.3. The number of rotatable bonds is 6. The van der Waals surface area contributed by atoms with Crippen molar-refractivity contribution in [3.8, 4) is 0 Å². The van der Waals surface area contributed by atoms with Gasteiger partial charge in [0.25, 0.3) is 0 Å². The van der Waals surface area contributed by atoms with Gasteiger partial charge in [-0.15, -0.1) is 0 Å². The average molecular weight is 338 g/mol. The summed E-state index contributed by atoms with van der Waals surface area (Å²) in [4.78, 5) is 13.3. The summed E-state index contributed by atoms with van der Waals surface area (Å²) in [6.45, 7) is 1.63. The number of piperidine rings is 1. The van der Waals surface area contributed by atoms with Gasteiger partial charge in [-0.25, -0.2) is 8.42 Å². The average Bonchev–Trinajstić information content (AvgIpc) is 3.29. The van der Waals surface area contributed by atoms with Gasteiger partial charge in [-0.3, -0.25) is 9.52 Å². The molecule has 1 atom stereocenters. The zero-order valence-corrected chi connectivity index (χ0v) is 13.8.